The molecule has 3 rings (SSSR count). The molecule has 0 aromatic heterocycles. The fourth-order valence-electron chi connectivity index (χ4n) is 2.29. The number of guanidine groups is 1. The molecule has 21 heavy (non-hydrogen) atoms. The van der Waals surface area contributed by atoms with Crippen molar-refractivity contribution in [1.82, 2.24) is 5.32 Å². The number of hydrogen-bond acceptors (Lipinski definition) is 4. The zero-order valence-corrected chi connectivity index (χ0v) is 12.0. The maximum Gasteiger partial charge on any atom is 0.195 e. The van der Waals surface area contributed by atoms with Crippen molar-refractivity contribution in [2.45, 2.75) is 5.66 Å². The van der Waals surface area contributed by atoms with Gasteiger partial charge >= 0.3 is 0 Å². The van der Waals surface area contributed by atoms with Crippen molar-refractivity contribution in [2.75, 3.05) is 0 Å². The number of halogens is 1. The Labute approximate surface area is 128 Å². The first kappa shape index (κ1) is 13.7. The zero-order valence-electron chi connectivity index (χ0n) is 11.3. The highest BCUT2D eigenvalue weighted by Crippen LogP contribution is 2.28. The van der Waals surface area contributed by atoms with Crippen LogP contribution in [0.1, 0.15) is 11.1 Å². The standard InChI is InChI=1S/C16H15ClN4/c17-13-8-6-12(7-9-13)16(19)10-14(20-15(18)21-16)11-4-2-1-3-5-11/h1-10H,19H2,(H3,18,20,21). The summed E-state index contributed by atoms with van der Waals surface area (Å²) in [5.41, 5.74) is 14.0. The second kappa shape index (κ2) is 5.24. The average molecular weight is 299 g/mol. The average Bonchev–Trinajstić information content (AvgIpc) is 2.48. The summed E-state index contributed by atoms with van der Waals surface area (Å²) in [5.74, 6) is 0.286. The van der Waals surface area contributed by atoms with E-state index in [2.05, 4.69) is 10.3 Å². The lowest BCUT2D eigenvalue weighted by Crippen LogP contribution is -2.44. The van der Waals surface area contributed by atoms with Gasteiger partial charge in [0.15, 0.2) is 11.6 Å². The Morgan fingerprint density at radius 3 is 2.33 bits per heavy atom. The van der Waals surface area contributed by atoms with E-state index in [0.717, 1.165) is 16.8 Å². The van der Waals surface area contributed by atoms with Gasteiger partial charge in [0.05, 0.1) is 0 Å². The van der Waals surface area contributed by atoms with Crippen LogP contribution in [0.4, 0.5) is 0 Å². The molecule has 0 radical (unpaired) electrons. The normalized spacial score (nSPS) is 21.2. The minimum absolute atomic E-state index is 0.286. The Morgan fingerprint density at radius 1 is 1.00 bits per heavy atom. The van der Waals surface area contributed by atoms with Gasteiger partial charge < -0.3 is 11.1 Å². The number of rotatable bonds is 2. The highest BCUT2D eigenvalue weighted by atomic mass is 35.5. The van der Waals surface area contributed by atoms with Crippen molar-refractivity contribution < 1.29 is 0 Å². The SMILES string of the molecule is NC1=NC(N)(c2ccc(Cl)cc2)C=C(c2ccccc2)N1. The number of nitrogens with two attached hydrogens (primary N) is 2. The molecule has 4 nitrogen and oxygen atoms in total. The lowest BCUT2D eigenvalue weighted by molar-refractivity contribution is 0.585. The van der Waals surface area contributed by atoms with Crippen LogP contribution in [0.2, 0.25) is 5.02 Å². The molecule has 0 bridgehead atoms. The minimum atomic E-state index is -1.01. The Balaban J connectivity index is 2.06. The zero-order chi connectivity index (χ0) is 14.9. The molecule has 0 aliphatic carbocycles. The van der Waals surface area contributed by atoms with Crippen LogP contribution in [0.25, 0.3) is 5.70 Å². The summed E-state index contributed by atoms with van der Waals surface area (Å²) < 4.78 is 0. The molecular formula is C16H15ClN4. The molecule has 106 valence electrons. The lowest BCUT2D eigenvalue weighted by atomic mass is 9.96. The van der Waals surface area contributed by atoms with Crippen LogP contribution in [0.5, 0.6) is 0 Å². The Kier molecular flexibility index (Phi) is 3.41. The maximum absolute atomic E-state index is 6.42. The molecule has 1 aliphatic rings. The van der Waals surface area contributed by atoms with E-state index in [4.69, 9.17) is 23.1 Å². The Hall–Kier alpha value is -2.30. The summed E-state index contributed by atoms with van der Waals surface area (Å²) in [6, 6.07) is 17.1. The quantitative estimate of drug-likeness (QED) is 0.797. The van der Waals surface area contributed by atoms with Gasteiger partial charge in [-0.15, -0.1) is 0 Å². The Bertz CT molecular complexity index is 707. The second-order valence-electron chi connectivity index (χ2n) is 4.88. The summed E-state index contributed by atoms with van der Waals surface area (Å²) >= 11 is 5.92. The summed E-state index contributed by atoms with van der Waals surface area (Å²) in [5, 5.41) is 3.70. The molecule has 5 heteroatoms. The molecule has 1 atom stereocenters. The monoisotopic (exact) mass is 298 g/mol. The van der Waals surface area contributed by atoms with Gasteiger partial charge in [-0.25, -0.2) is 4.99 Å². The van der Waals surface area contributed by atoms with Crippen LogP contribution in [0.15, 0.2) is 65.7 Å². The van der Waals surface area contributed by atoms with E-state index in [1.807, 2.05) is 48.5 Å². The second-order valence-corrected chi connectivity index (χ2v) is 5.31. The van der Waals surface area contributed by atoms with Crippen molar-refractivity contribution >= 4 is 23.3 Å². The van der Waals surface area contributed by atoms with Crippen LogP contribution < -0.4 is 16.8 Å². The molecule has 1 heterocycles. The third-order valence-electron chi connectivity index (χ3n) is 3.32. The predicted molar refractivity (Wildman–Crippen MR) is 86.5 cm³/mol. The number of nitrogens with one attached hydrogen (secondary N) is 1. The van der Waals surface area contributed by atoms with Crippen molar-refractivity contribution in [3.63, 3.8) is 0 Å². The molecule has 2 aromatic rings. The summed E-state index contributed by atoms with van der Waals surface area (Å²) in [6.45, 7) is 0. The molecule has 0 amide bonds. The number of hydrogen-bond donors (Lipinski definition) is 3. The van der Waals surface area contributed by atoms with Gasteiger partial charge in [0, 0.05) is 10.7 Å². The number of aliphatic imine (C=N–C) groups is 1. The topological polar surface area (TPSA) is 76.4 Å². The molecule has 0 saturated carbocycles. The fourth-order valence-corrected chi connectivity index (χ4v) is 2.42. The molecule has 0 saturated heterocycles. The van der Waals surface area contributed by atoms with E-state index in [1.165, 1.54) is 0 Å². The predicted octanol–water partition coefficient (Wildman–Crippen LogP) is 2.41. The van der Waals surface area contributed by atoms with Crippen LogP contribution >= 0.6 is 11.6 Å². The highest BCUT2D eigenvalue weighted by Gasteiger charge is 2.29. The van der Waals surface area contributed by atoms with Gasteiger partial charge in [0.25, 0.3) is 0 Å². The van der Waals surface area contributed by atoms with Gasteiger partial charge in [-0.2, -0.15) is 0 Å². The molecule has 1 aliphatic heterocycles. The van der Waals surface area contributed by atoms with E-state index < -0.39 is 5.66 Å². The van der Waals surface area contributed by atoms with Crippen LogP contribution in [0, 0.1) is 0 Å². The van der Waals surface area contributed by atoms with Gasteiger partial charge in [-0.05, 0) is 29.3 Å². The molecule has 0 spiro atoms. The third kappa shape index (κ3) is 2.77. The summed E-state index contributed by atoms with van der Waals surface area (Å²) in [7, 11) is 0. The van der Waals surface area contributed by atoms with E-state index in [9.17, 15) is 0 Å². The highest BCUT2D eigenvalue weighted by molar-refractivity contribution is 6.30. The van der Waals surface area contributed by atoms with Crippen molar-refractivity contribution in [2.24, 2.45) is 16.5 Å². The van der Waals surface area contributed by atoms with Gasteiger partial charge in [0.1, 0.15) is 0 Å². The minimum Gasteiger partial charge on any atom is -0.370 e. The first-order chi connectivity index (χ1) is 10.1. The molecular weight excluding hydrogens is 284 g/mol. The first-order valence-electron chi connectivity index (χ1n) is 6.52. The van der Waals surface area contributed by atoms with Gasteiger partial charge in [-0.1, -0.05) is 54.1 Å². The number of nitrogens with zero attached hydrogens (tertiary/aromatic N) is 1. The van der Waals surface area contributed by atoms with Crippen molar-refractivity contribution in [1.29, 1.82) is 0 Å². The van der Waals surface area contributed by atoms with E-state index in [-0.39, 0.29) is 5.96 Å². The summed E-state index contributed by atoms with van der Waals surface area (Å²) in [6.07, 6.45) is 1.86. The van der Waals surface area contributed by atoms with Crippen molar-refractivity contribution in [3.05, 3.63) is 76.8 Å². The van der Waals surface area contributed by atoms with Gasteiger partial charge in [0.2, 0.25) is 0 Å². The maximum atomic E-state index is 6.42. The van der Waals surface area contributed by atoms with Crippen LogP contribution in [0.3, 0.4) is 0 Å². The van der Waals surface area contributed by atoms with Crippen LogP contribution in [-0.4, -0.2) is 5.96 Å². The van der Waals surface area contributed by atoms with E-state index in [1.54, 1.807) is 12.1 Å². The largest absolute Gasteiger partial charge is 0.370 e. The van der Waals surface area contributed by atoms with Crippen molar-refractivity contribution in [3.8, 4) is 0 Å². The van der Waals surface area contributed by atoms with Gasteiger partial charge in [-0.3, -0.25) is 5.73 Å². The molecule has 0 fully saturated rings. The molecule has 5 N–H and O–H groups in total. The molecule has 2 aromatic carbocycles. The van der Waals surface area contributed by atoms with E-state index >= 15 is 0 Å². The van der Waals surface area contributed by atoms with Crippen LogP contribution in [-0.2, 0) is 5.66 Å². The number of benzene rings is 2. The third-order valence-corrected chi connectivity index (χ3v) is 3.58. The lowest BCUT2D eigenvalue weighted by Gasteiger charge is -2.29. The molecule has 1 unspecified atom stereocenters. The smallest absolute Gasteiger partial charge is 0.195 e. The Morgan fingerprint density at radius 2 is 1.67 bits per heavy atom. The fraction of sp³-hybridized carbons (Fsp3) is 0.0625. The van der Waals surface area contributed by atoms with E-state index in [0.29, 0.717) is 5.02 Å². The first-order valence-corrected chi connectivity index (χ1v) is 6.90. The summed E-state index contributed by atoms with van der Waals surface area (Å²) in [4.78, 5) is 4.33.